The van der Waals surface area contributed by atoms with Crippen LogP contribution in [0.15, 0.2) is 24.3 Å². The molecule has 1 aromatic carbocycles. The predicted molar refractivity (Wildman–Crippen MR) is 68.6 cm³/mol. The fourth-order valence-corrected chi connectivity index (χ4v) is 2.59. The van der Waals surface area contributed by atoms with Gasteiger partial charge >= 0.3 is 5.97 Å². The van der Waals surface area contributed by atoms with E-state index < -0.39 is 5.97 Å². The van der Waals surface area contributed by atoms with Crippen molar-refractivity contribution in [3.63, 3.8) is 0 Å². The SMILES string of the molecule is COc1ccccc1CN1CC(C)C(C(=O)O)C1. The highest BCUT2D eigenvalue weighted by Gasteiger charge is 2.34. The highest BCUT2D eigenvalue weighted by molar-refractivity contribution is 5.71. The van der Waals surface area contributed by atoms with Crippen molar-refractivity contribution in [2.75, 3.05) is 20.2 Å². The highest BCUT2D eigenvalue weighted by Crippen LogP contribution is 2.27. The van der Waals surface area contributed by atoms with Gasteiger partial charge in [0.2, 0.25) is 0 Å². The molecule has 0 bridgehead atoms. The molecule has 1 saturated heterocycles. The number of ether oxygens (including phenoxy) is 1. The minimum absolute atomic E-state index is 0.206. The van der Waals surface area contributed by atoms with Crippen molar-refractivity contribution < 1.29 is 14.6 Å². The Bertz CT molecular complexity index is 433. The second-order valence-corrected chi connectivity index (χ2v) is 4.93. The first kappa shape index (κ1) is 12.9. The quantitative estimate of drug-likeness (QED) is 0.884. The van der Waals surface area contributed by atoms with Crippen molar-refractivity contribution in [1.29, 1.82) is 0 Å². The number of para-hydroxylation sites is 1. The molecule has 0 amide bonds. The van der Waals surface area contributed by atoms with Crippen LogP contribution in [0.25, 0.3) is 0 Å². The topological polar surface area (TPSA) is 49.8 Å². The van der Waals surface area contributed by atoms with Gasteiger partial charge in [-0.25, -0.2) is 0 Å². The van der Waals surface area contributed by atoms with Gasteiger partial charge in [-0.3, -0.25) is 9.69 Å². The molecular formula is C14H19NO3. The third-order valence-electron chi connectivity index (χ3n) is 3.59. The summed E-state index contributed by atoms with van der Waals surface area (Å²) in [5.41, 5.74) is 1.11. The third kappa shape index (κ3) is 2.64. The largest absolute Gasteiger partial charge is 0.496 e. The van der Waals surface area contributed by atoms with Gasteiger partial charge in [-0.15, -0.1) is 0 Å². The second-order valence-electron chi connectivity index (χ2n) is 4.93. The standard InChI is InChI=1S/C14H19NO3/c1-10-7-15(9-12(10)14(16)17)8-11-5-3-4-6-13(11)18-2/h3-6,10,12H,7-9H2,1-2H3,(H,16,17). The Morgan fingerprint density at radius 2 is 2.17 bits per heavy atom. The number of likely N-dealkylation sites (tertiary alicyclic amines) is 1. The summed E-state index contributed by atoms with van der Waals surface area (Å²) in [5.74, 6) is 0.130. The molecule has 0 aromatic heterocycles. The molecule has 1 aliphatic heterocycles. The molecule has 1 N–H and O–H groups in total. The van der Waals surface area contributed by atoms with Gasteiger partial charge in [0.05, 0.1) is 13.0 Å². The number of carboxylic acid groups (broad SMARTS) is 1. The molecule has 18 heavy (non-hydrogen) atoms. The lowest BCUT2D eigenvalue weighted by molar-refractivity contribution is -0.142. The van der Waals surface area contributed by atoms with E-state index in [1.165, 1.54) is 0 Å². The van der Waals surface area contributed by atoms with Crippen molar-refractivity contribution in [3.8, 4) is 5.75 Å². The number of nitrogens with zero attached hydrogens (tertiary/aromatic N) is 1. The van der Waals surface area contributed by atoms with Crippen LogP contribution >= 0.6 is 0 Å². The molecule has 2 atom stereocenters. The third-order valence-corrected chi connectivity index (χ3v) is 3.59. The van der Waals surface area contributed by atoms with Crippen LogP contribution in [-0.4, -0.2) is 36.2 Å². The number of carboxylic acids is 1. The smallest absolute Gasteiger partial charge is 0.308 e. The van der Waals surface area contributed by atoms with Crippen molar-refractivity contribution in [2.45, 2.75) is 13.5 Å². The van der Waals surface area contributed by atoms with E-state index in [2.05, 4.69) is 4.90 Å². The van der Waals surface area contributed by atoms with Gasteiger partial charge in [-0.2, -0.15) is 0 Å². The first-order valence-corrected chi connectivity index (χ1v) is 6.19. The summed E-state index contributed by atoms with van der Waals surface area (Å²) in [6.45, 7) is 4.20. The second kappa shape index (κ2) is 5.40. The molecule has 2 unspecified atom stereocenters. The minimum Gasteiger partial charge on any atom is -0.496 e. The number of carbonyl (C=O) groups is 1. The van der Waals surface area contributed by atoms with E-state index in [1.807, 2.05) is 31.2 Å². The monoisotopic (exact) mass is 249 g/mol. The summed E-state index contributed by atoms with van der Waals surface area (Å²) in [5, 5.41) is 9.12. The fraction of sp³-hybridized carbons (Fsp3) is 0.500. The van der Waals surface area contributed by atoms with E-state index >= 15 is 0 Å². The van der Waals surface area contributed by atoms with Crippen LogP contribution in [0.3, 0.4) is 0 Å². The van der Waals surface area contributed by atoms with E-state index in [0.717, 1.165) is 24.4 Å². The summed E-state index contributed by atoms with van der Waals surface area (Å²) >= 11 is 0. The number of hydrogen-bond donors (Lipinski definition) is 1. The van der Waals surface area contributed by atoms with Crippen LogP contribution in [-0.2, 0) is 11.3 Å². The van der Waals surface area contributed by atoms with Crippen LogP contribution < -0.4 is 4.74 Å². The van der Waals surface area contributed by atoms with Crippen LogP contribution in [0, 0.1) is 11.8 Å². The van der Waals surface area contributed by atoms with Gasteiger partial charge in [0, 0.05) is 25.2 Å². The molecule has 1 heterocycles. The molecule has 4 nitrogen and oxygen atoms in total. The van der Waals surface area contributed by atoms with Crippen molar-refractivity contribution in [1.82, 2.24) is 4.90 Å². The maximum atomic E-state index is 11.1. The molecular weight excluding hydrogens is 230 g/mol. The minimum atomic E-state index is -0.690. The van der Waals surface area contributed by atoms with E-state index in [-0.39, 0.29) is 11.8 Å². The Labute approximate surface area is 107 Å². The van der Waals surface area contributed by atoms with Gasteiger partial charge < -0.3 is 9.84 Å². The molecule has 0 saturated carbocycles. The number of benzene rings is 1. The molecule has 1 aliphatic rings. The van der Waals surface area contributed by atoms with Crippen molar-refractivity contribution in [2.24, 2.45) is 11.8 Å². The van der Waals surface area contributed by atoms with Gasteiger partial charge in [-0.05, 0) is 12.0 Å². The molecule has 0 spiro atoms. The predicted octanol–water partition coefficient (Wildman–Crippen LogP) is 1.85. The van der Waals surface area contributed by atoms with E-state index in [0.29, 0.717) is 6.54 Å². The lowest BCUT2D eigenvalue weighted by atomic mass is 9.99. The zero-order valence-electron chi connectivity index (χ0n) is 10.8. The molecule has 1 fully saturated rings. The summed E-state index contributed by atoms with van der Waals surface area (Å²) in [4.78, 5) is 13.3. The van der Waals surface area contributed by atoms with Crippen LogP contribution in [0.1, 0.15) is 12.5 Å². The summed E-state index contributed by atoms with van der Waals surface area (Å²) in [6.07, 6.45) is 0. The van der Waals surface area contributed by atoms with Crippen LogP contribution in [0.2, 0.25) is 0 Å². The lowest BCUT2D eigenvalue weighted by Gasteiger charge is -2.17. The molecule has 4 heteroatoms. The van der Waals surface area contributed by atoms with E-state index in [4.69, 9.17) is 9.84 Å². The maximum absolute atomic E-state index is 11.1. The van der Waals surface area contributed by atoms with E-state index in [9.17, 15) is 4.79 Å². The molecule has 0 radical (unpaired) electrons. The summed E-state index contributed by atoms with van der Waals surface area (Å²) in [6, 6.07) is 7.88. The zero-order valence-corrected chi connectivity index (χ0v) is 10.8. The fourth-order valence-electron chi connectivity index (χ4n) is 2.59. The zero-order chi connectivity index (χ0) is 13.1. The van der Waals surface area contributed by atoms with Crippen LogP contribution in [0.5, 0.6) is 5.75 Å². The van der Waals surface area contributed by atoms with Gasteiger partial charge in [0.25, 0.3) is 0 Å². The van der Waals surface area contributed by atoms with Crippen molar-refractivity contribution >= 4 is 5.97 Å². The average Bonchev–Trinajstić information content (AvgIpc) is 2.71. The Hall–Kier alpha value is -1.55. The van der Waals surface area contributed by atoms with Gasteiger partial charge in [0.15, 0.2) is 0 Å². The Morgan fingerprint density at radius 1 is 1.44 bits per heavy atom. The number of hydrogen-bond acceptors (Lipinski definition) is 3. The molecule has 0 aliphatic carbocycles. The number of aliphatic carboxylic acids is 1. The average molecular weight is 249 g/mol. The van der Waals surface area contributed by atoms with E-state index in [1.54, 1.807) is 7.11 Å². The molecule has 1 aromatic rings. The first-order valence-electron chi connectivity index (χ1n) is 6.19. The summed E-state index contributed by atoms with van der Waals surface area (Å²) in [7, 11) is 1.66. The number of rotatable bonds is 4. The summed E-state index contributed by atoms with van der Waals surface area (Å²) < 4.78 is 5.31. The van der Waals surface area contributed by atoms with Crippen LogP contribution in [0.4, 0.5) is 0 Å². The Balaban J connectivity index is 2.05. The first-order chi connectivity index (χ1) is 8.61. The van der Waals surface area contributed by atoms with Crippen molar-refractivity contribution in [3.05, 3.63) is 29.8 Å². The maximum Gasteiger partial charge on any atom is 0.308 e. The van der Waals surface area contributed by atoms with Gasteiger partial charge in [0.1, 0.15) is 5.75 Å². The molecule has 98 valence electrons. The Kier molecular flexibility index (Phi) is 3.87. The Morgan fingerprint density at radius 3 is 2.78 bits per heavy atom. The number of methoxy groups -OCH3 is 1. The molecule has 2 rings (SSSR count). The lowest BCUT2D eigenvalue weighted by Crippen LogP contribution is -2.23. The highest BCUT2D eigenvalue weighted by atomic mass is 16.5. The normalized spacial score (nSPS) is 24.1. The van der Waals surface area contributed by atoms with Gasteiger partial charge in [-0.1, -0.05) is 25.1 Å².